The Morgan fingerprint density at radius 3 is 2.44 bits per heavy atom. The number of carbonyl (C=O) groups is 2. The molecule has 4 aromatic carbocycles. The summed E-state index contributed by atoms with van der Waals surface area (Å²) in [5.41, 5.74) is 2.84. The zero-order chi connectivity index (χ0) is 37.9. The third kappa shape index (κ3) is 6.16. The van der Waals surface area contributed by atoms with E-state index in [4.69, 9.17) is 60.6 Å². The number of para-hydroxylation sites is 1. The lowest BCUT2D eigenvalue weighted by molar-refractivity contribution is -0.135. The monoisotopic (exact) mass is 824 g/mol. The van der Waals surface area contributed by atoms with Crippen molar-refractivity contribution in [2.45, 2.75) is 61.7 Å². The summed E-state index contributed by atoms with van der Waals surface area (Å²) in [5, 5.41) is 9.83. The molecular formula is C41H36Cl4N2O6S. The summed E-state index contributed by atoms with van der Waals surface area (Å²) in [5.74, 6) is -0.186. The van der Waals surface area contributed by atoms with Gasteiger partial charge in [0.25, 0.3) is 0 Å². The largest absolute Gasteiger partial charge is 0.492 e. The lowest BCUT2D eigenvalue weighted by atomic mass is 9.76. The topological polar surface area (TPSA) is 88.5 Å². The number of nitrogens with zero attached hydrogens (tertiary/aromatic N) is 2. The molecule has 280 valence electrons. The predicted octanol–water partition coefficient (Wildman–Crippen LogP) is 11.3. The summed E-state index contributed by atoms with van der Waals surface area (Å²) in [6, 6.07) is 19.4. The molecule has 8 nitrogen and oxygen atoms in total. The van der Waals surface area contributed by atoms with Gasteiger partial charge >= 0.3 is 11.9 Å². The Morgan fingerprint density at radius 1 is 0.963 bits per heavy atom. The fourth-order valence-electron chi connectivity index (χ4n) is 7.72. The first kappa shape index (κ1) is 37.2. The molecule has 4 aliphatic rings. The number of carbonyl (C=O) groups excluding carboxylic acids is 1. The molecule has 0 aliphatic carbocycles. The van der Waals surface area contributed by atoms with E-state index >= 15 is 0 Å². The van der Waals surface area contributed by atoms with Crippen LogP contribution in [0.1, 0.15) is 71.6 Å². The Kier molecular flexibility index (Phi) is 10.2. The van der Waals surface area contributed by atoms with Crippen molar-refractivity contribution in [2.24, 2.45) is 0 Å². The molecule has 1 spiro atoms. The van der Waals surface area contributed by atoms with Crippen LogP contribution in [0.2, 0.25) is 20.1 Å². The van der Waals surface area contributed by atoms with Crippen molar-refractivity contribution in [3.8, 4) is 17.2 Å². The highest BCUT2D eigenvalue weighted by Crippen LogP contribution is 2.61. The molecular weight excluding hydrogens is 790 g/mol. The van der Waals surface area contributed by atoms with Crippen LogP contribution in [-0.4, -0.2) is 52.8 Å². The first-order valence-corrected chi connectivity index (χ1v) is 20.4. The van der Waals surface area contributed by atoms with Crippen LogP contribution in [0.4, 0.5) is 11.4 Å². The maximum absolute atomic E-state index is 14.0. The number of aliphatic carboxylic acids is 1. The van der Waals surface area contributed by atoms with E-state index in [9.17, 15) is 14.7 Å². The fourth-order valence-corrected chi connectivity index (χ4v) is 10.1. The SMILES string of the molecule is CCCCCCc1cc2c(cc1OCC1C=C(C(=O)O)N3CCC3S1)Oc1cc(N(C)c3ccccc3)ccc1C21OC(=O)c2c(Cl)c(Cl)c(Cl)c(Cl)c21. The van der Waals surface area contributed by atoms with Gasteiger partial charge in [-0.2, -0.15) is 0 Å². The van der Waals surface area contributed by atoms with Gasteiger partial charge in [-0.25, -0.2) is 9.59 Å². The second-order valence-corrected chi connectivity index (χ2v) is 16.7. The Hall–Kier alpha value is -3.73. The van der Waals surface area contributed by atoms with Gasteiger partial charge in [0, 0.05) is 53.8 Å². The Balaban J connectivity index is 1.28. The number of fused-ring (bicyclic) bond motifs is 7. The van der Waals surface area contributed by atoms with Gasteiger partial charge in [0.15, 0.2) is 5.60 Å². The third-order valence-electron chi connectivity index (χ3n) is 10.6. The second kappa shape index (κ2) is 14.7. The van der Waals surface area contributed by atoms with E-state index in [1.54, 1.807) is 17.8 Å². The van der Waals surface area contributed by atoms with Crippen LogP contribution in [0.5, 0.6) is 17.2 Å². The zero-order valence-electron chi connectivity index (χ0n) is 29.5. The standard InChI is InChI=1S/C41H36Cl4N2O6S/c1-3-4-5-7-10-22-17-27-31(20-29(22)51-21-25-19-28(39(48)49)47-16-15-32(47)54-25)52-30-18-24(46(2)23-11-8-6-9-12-23)13-14-26(30)41(27)34-33(40(50)53-41)35(42)37(44)38(45)36(34)43/h6,8-9,11-14,17-20,25,32H,3-5,7,10,15-16,21H2,1-2H3,(H,48,49). The second-order valence-electron chi connectivity index (χ2n) is 13.8. The molecule has 3 atom stereocenters. The maximum atomic E-state index is 14.0. The summed E-state index contributed by atoms with van der Waals surface area (Å²) in [6.07, 6.45) is 7.45. The molecule has 54 heavy (non-hydrogen) atoms. The lowest BCUT2D eigenvalue weighted by Crippen LogP contribution is -2.50. The number of halogens is 4. The number of benzene rings is 4. The normalized spacial score (nSPS) is 20.5. The highest BCUT2D eigenvalue weighted by atomic mass is 35.5. The summed E-state index contributed by atoms with van der Waals surface area (Å²) in [4.78, 5) is 30.0. The number of anilines is 2. The predicted molar refractivity (Wildman–Crippen MR) is 215 cm³/mol. The number of rotatable bonds is 11. The Morgan fingerprint density at radius 2 is 1.72 bits per heavy atom. The van der Waals surface area contributed by atoms with E-state index in [2.05, 4.69) is 6.92 Å². The van der Waals surface area contributed by atoms with Crippen molar-refractivity contribution in [2.75, 3.05) is 25.1 Å². The van der Waals surface area contributed by atoms with Crippen LogP contribution in [0, 0.1) is 0 Å². The van der Waals surface area contributed by atoms with Gasteiger partial charge in [-0.15, -0.1) is 11.8 Å². The molecule has 8 rings (SSSR count). The van der Waals surface area contributed by atoms with Gasteiger partial charge in [-0.3, -0.25) is 0 Å². The van der Waals surface area contributed by atoms with Gasteiger partial charge in [-0.05, 0) is 61.2 Å². The van der Waals surface area contributed by atoms with E-state index in [0.717, 1.165) is 55.6 Å². The van der Waals surface area contributed by atoms with Gasteiger partial charge < -0.3 is 29.1 Å². The smallest absolute Gasteiger partial charge is 0.351 e. The van der Waals surface area contributed by atoms with Crippen molar-refractivity contribution in [3.05, 3.63) is 120 Å². The average Bonchev–Trinajstić information content (AvgIpc) is 3.47. The number of hydrogen-bond donors (Lipinski definition) is 1. The molecule has 4 aromatic rings. The molecule has 0 bridgehead atoms. The number of hydrogen-bond acceptors (Lipinski definition) is 8. The number of unbranched alkanes of at least 4 members (excludes halogenated alkanes) is 3. The Bertz CT molecular complexity index is 2220. The fraction of sp³-hybridized carbons (Fsp3) is 0.317. The van der Waals surface area contributed by atoms with Crippen LogP contribution >= 0.6 is 58.2 Å². The zero-order valence-corrected chi connectivity index (χ0v) is 33.3. The van der Waals surface area contributed by atoms with E-state index in [-0.39, 0.29) is 42.9 Å². The van der Waals surface area contributed by atoms with E-state index < -0.39 is 17.5 Å². The minimum atomic E-state index is -1.59. The quantitative estimate of drug-likeness (QED) is 0.0687. The Labute approximate surface area is 337 Å². The first-order valence-electron chi connectivity index (χ1n) is 17.9. The molecule has 0 aromatic heterocycles. The first-order chi connectivity index (χ1) is 26.0. The molecule has 13 heteroatoms. The number of carboxylic acids is 1. The highest BCUT2D eigenvalue weighted by molar-refractivity contribution is 8.00. The average molecular weight is 827 g/mol. The molecule has 4 heterocycles. The van der Waals surface area contributed by atoms with Crippen LogP contribution < -0.4 is 14.4 Å². The summed E-state index contributed by atoms with van der Waals surface area (Å²) < 4.78 is 19.8. The van der Waals surface area contributed by atoms with E-state index in [1.165, 1.54) is 0 Å². The van der Waals surface area contributed by atoms with Crippen LogP contribution in [0.3, 0.4) is 0 Å². The van der Waals surface area contributed by atoms with Gasteiger partial charge in [0.1, 0.15) is 29.6 Å². The molecule has 1 N–H and O–H groups in total. The minimum Gasteiger partial charge on any atom is -0.492 e. The summed E-state index contributed by atoms with van der Waals surface area (Å²) >= 11 is 28.7. The lowest BCUT2D eigenvalue weighted by Gasteiger charge is -2.46. The van der Waals surface area contributed by atoms with Crippen molar-refractivity contribution in [1.82, 2.24) is 4.90 Å². The molecule has 4 aliphatic heterocycles. The number of aryl methyl sites for hydroxylation is 1. The molecule has 0 radical (unpaired) electrons. The van der Waals surface area contributed by atoms with E-state index in [1.807, 2.05) is 77.5 Å². The minimum absolute atomic E-state index is 0.0123. The van der Waals surface area contributed by atoms with Crippen molar-refractivity contribution < 1.29 is 28.9 Å². The molecule has 3 unspecified atom stereocenters. The van der Waals surface area contributed by atoms with Crippen LogP contribution in [0.15, 0.2) is 72.4 Å². The molecule has 0 saturated carbocycles. The van der Waals surface area contributed by atoms with Crippen molar-refractivity contribution in [3.63, 3.8) is 0 Å². The summed E-state index contributed by atoms with van der Waals surface area (Å²) in [7, 11) is 1.96. The van der Waals surface area contributed by atoms with Gasteiger partial charge in [-0.1, -0.05) is 90.8 Å². The molecule has 0 amide bonds. The molecule has 1 fully saturated rings. The molecule has 1 saturated heterocycles. The maximum Gasteiger partial charge on any atom is 0.351 e. The summed E-state index contributed by atoms with van der Waals surface area (Å²) in [6.45, 7) is 3.16. The van der Waals surface area contributed by atoms with Gasteiger partial charge in [0.05, 0.1) is 36.3 Å². The number of thioether (sulfide) groups is 1. The van der Waals surface area contributed by atoms with E-state index in [0.29, 0.717) is 46.1 Å². The van der Waals surface area contributed by atoms with Gasteiger partial charge in [0.2, 0.25) is 0 Å². The van der Waals surface area contributed by atoms with Crippen molar-refractivity contribution >= 4 is 81.5 Å². The van der Waals surface area contributed by atoms with Crippen molar-refractivity contribution in [1.29, 1.82) is 0 Å². The third-order valence-corrected chi connectivity index (χ3v) is 13.8. The van der Waals surface area contributed by atoms with Crippen LogP contribution in [0.25, 0.3) is 0 Å². The highest BCUT2D eigenvalue weighted by Gasteiger charge is 2.57. The number of ether oxygens (including phenoxy) is 3. The number of carboxylic acid groups (broad SMARTS) is 1. The van der Waals surface area contributed by atoms with Crippen LogP contribution in [-0.2, 0) is 21.6 Å². The number of esters is 1.